The summed E-state index contributed by atoms with van der Waals surface area (Å²) in [6.45, 7) is 15.1. The fourth-order valence-corrected chi connectivity index (χ4v) is 6.95. The van der Waals surface area contributed by atoms with Gasteiger partial charge in [-0.05, 0) is 79.3 Å². The van der Waals surface area contributed by atoms with Gasteiger partial charge in [-0.15, -0.1) is 0 Å². The molecule has 0 fully saturated rings. The summed E-state index contributed by atoms with van der Waals surface area (Å²) in [6.07, 6.45) is 2.43. The average molecular weight is 585 g/mol. The minimum atomic E-state index is -0.462. The highest BCUT2D eigenvalue weighted by atomic mass is 16.5. The molecule has 0 radical (unpaired) electrons. The van der Waals surface area contributed by atoms with E-state index in [0.29, 0.717) is 30.9 Å². The Hall–Kier alpha value is -3.87. The number of carbonyl (C=O) groups is 3. The van der Waals surface area contributed by atoms with Gasteiger partial charge in [0.2, 0.25) is 0 Å². The third kappa shape index (κ3) is 5.99. The summed E-state index contributed by atoms with van der Waals surface area (Å²) in [5.41, 5.74) is 6.83. The number of hydrogen-bond acceptors (Lipinski definition) is 6. The molecule has 1 amide bonds. The van der Waals surface area contributed by atoms with Crippen LogP contribution in [0.3, 0.4) is 0 Å². The molecule has 5 rings (SSSR count). The second-order valence-electron chi connectivity index (χ2n) is 13.8. The predicted molar refractivity (Wildman–Crippen MR) is 168 cm³/mol. The van der Waals surface area contributed by atoms with Crippen molar-refractivity contribution in [2.75, 3.05) is 25.6 Å². The Labute approximate surface area is 255 Å². The van der Waals surface area contributed by atoms with E-state index in [1.807, 2.05) is 44.2 Å². The zero-order valence-electron chi connectivity index (χ0n) is 26.8. The molecule has 0 bridgehead atoms. The van der Waals surface area contributed by atoms with Crippen LogP contribution >= 0.6 is 0 Å². The van der Waals surface area contributed by atoms with E-state index < -0.39 is 5.92 Å². The number of carbonyl (C=O) groups excluding carboxylic acids is 3. The predicted octanol–water partition coefficient (Wildman–Crippen LogP) is 7.04. The van der Waals surface area contributed by atoms with Crippen LogP contribution in [0.2, 0.25) is 0 Å². The first-order valence-corrected chi connectivity index (χ1v) is 15.2. The van der Waals surface area contributed by atoms with Crippen LogP contribution in [0, 0.1) is 24.7 Å². The molecule has 2 aromatic rings. The van der Waals surface area contributed by atoms with Gasteiger partial charge >= 0.3 is 0 Å². The van der Waals surface area contributed by atoms with E-state index in [0.717, 1.165) is 57.8 Å². The van der Waals surface area contributed by atoms with Gasteiger partial charge in [0, 0.05) is 53.5 Å². The number of rotatable bonds is 7. The molecule has 43 heavy (non-hydrogen) atoms. The number of methoxy groups -OCH3 is 1. The molecular formula is C36H44N2O5. The molecule has 2 aliphatic carbocycles. The van der Waals surface area contributed by atoms with Crippen molar-refractivity contribution in [1.82, 2.24) is 4.90 Å². The van der Waals surface area contributed by atoms with E-state index in [1.165, 1.54) is 0 Å². The van der Waals surface area contributed by atoms with E-state index in [-0.39, 0.29) is 34.9 Å². The van der Waals surface area contributed by atoms with Crippen molar-refractivity contribution in [3.8, 4) is 11.5 Å². The Morgan fingerprint density at radius 2 is 1.49 bits per heavy atom. The monoisotopic (exact) mass is 584 g/mol. The number of allylic oxidation sites excluding steroid dienone is 4. The number of ketones is 2. The van der Waals surface area contributed by atoms with Gasteiger partial charge in [0.15, 0.2) is 29.7 Å². The highest BCUT2D eigenvalue weighted by molar-refractivity contribution is 6.06. The van der Waals surface area contributed by atoms with Crippen LogP contribution in [0.25, 0.3) is 0 Å². The first-order valence-electron chi connectivity index (χ1n) is 15.2. The minimum Gasteiger partial charge on any atom is -0.493 e. The molecule has 0 saturated carbocycles. The van der Waals surface area contributed by atoms with Crippen LogP contribution in [0.15, 0.2) is 58.9 Å². The third-order valence-corrected chi connectivity index (χ3v) is 8.88. The van der Waals surface area contributed by atoms with Crippen molar-refractivity contribution in [3.05, 3.63) is 75.6 Å². The van der Waals surface area contributed by atoms with E-state index in [4.69, 9.17) is 9.47 Å². The summed E-state index contributed by atoms with van der Waals surface area (Å²) in [7, 11) is 1.56. The summed E-state index contributed by atoms with van der Waals surface area (Å²) >= 11 is 0. The lowest BCUT2D eigenvalue weighted by molar-refractivity contribution is -0.120. The molecule has 1 heterocycles. The number of benzene rings is 2. The maximum Gasteiger partial charge on any atom is 0.262 e. The van der Waals surface area contributed by atoms with Crippen LogP contribution in [-0.2, 0) is 14.4 Å². The molecule has 2 aromatic carbocycles. The molecule has 1 aliphatic heterocycles. The van der Waals surface area contributed by atoms with Crippen LogP contribution in [0.1, 0.15) is 82.9 Å². The summed E-state index contributed by atoms with van der Waals surface area (Å²) < 4.78 is 11.6. The third-order valence-electron chi connectivity index (χ3n) is 8.88. The minimum absolute atomic E-state index is 0.0984. The van der Waals surface area contributed by atoms with Gasteiger partial charge in [-0.3, -0.25) is 14.4 Å². The van der Waals surface area contributed by atoms with Gasteiger partial charge in [-0.1, -0.05) is 45.9 Å². The van der Waals surface area contributed by atoms with E-state index in [1.54, 1.807) is 13.2 Å². The second-order valence-corrected chi connectivity index (χ2v) is 13.8. The van der Waals surface area contributed by atoms with E-state index >= 15 is 0 Å². The van der Waals surface area contributed by atoms with Crippen molar-refractivity contribution >= 4 is 23.2 Å². The fraction of sp³-hybridized carbons (Fsp3) is 0.472. The van der Waals surface area contributed by atoms with E-state index in [2.05, 4.69) is 44.8 Å². The number of amides is 1. The molecule has 0 unspecified atom stereocenters. The number of hydrogen-bond donors (Lipinski definition) is 1. The van der Waals surface area contributed by atoms with Crippen molar-refractivity contribution in [3.63, 3.8) is 0 Å². The quantitative estimate of drug-likeness (QED) is 0.376. The van der Waals surface area contributed by atoms with Gasteiger partial charge in [0.25, 0.3) is 5.91 Å². The Bertz CT molecular complexity index is 1510. The fourth-order valence-electron chi connectivity index (χ4n) is 6.95. The molecule has 0 spiro atoms. The van der Waals surface area contributed by atoms with Crippen LogP contribution in [-0.4, -0.2) is 42.6 Å². The lowest BCUT2D eigenvalue weighted by atomic mass is 9.63. The molecule has 3 aliphatic rings. The molecule has 0 saturated heterocycles. The maximum absolute atomic E-state index is 13.9. The number of anilines is 1. The Balaban J connectivity index is 1.50. The van der Waals surface area contributed by atoms with Crippen LogP contribution in [0.5, 0.6) is 11.5 Å². The van der Waals surface area contributed by atoms with Crippen molar-refractivity contribution in [1.29, 1.82) is 0 Å². The zero-order chi connectivity index (χ0) is 31.3. The zero-order valence-corrected chi connectivity index (χ0v) is 26.8. The molecular weight excluding hydrogens is 540 g/mol. The van der Waals surface area contributed by atoms with Gasteiger partial charge in [0.1, 0.15) is 0 Å². The lowest BCUT2D eigenvalue weighted by Gasteiger charge is -2.48. The Kier molecular flexibility index (Phi) is 8.05. The van der Waals surface area contributed by atoms with Crippen molar-refractivity contribution < 1.29 is 23.9 Å². The number of nitrogens with zero attached hydrogens (tertiary/aromatic N) is 1. The SMILES string of the molecule is CCN1C2=C(C(=O)CC(C)(C)C2)C(c2ccc(OCC(=O)Nc3cc(C)ccc3C)c(OC)c2)C2=C1CC(C)(C)CC2=O. The maximum atomic E-state index is 13.9. The highest BCUT2D eigenvalue weighted by Crippen LogP contribution is 2.54. The first-order chi connectivity index (χ1) is 20.2. The summed E-state index contributed by atoms with van der Waals surface area (Å²) in [5.74, 6) is 0.329. The number of aryl methyl sites for hydroxylation is 2. The molecule has 7 nitrogen and oxygen atoms in total. The van der Waals surface area contributed by atoms with Crippen LogP contribution in [0.4, 0.5) is 5.69 Å². The summed E-state index contributed by atoms with van der Waals surface area (Å²) in [6, 6.07) is 11.4. The Morgan fingerprint density at radius 1 is 0.884 bits per heavy atom. The average Bonchev–Trinajstić information content (AvgIpc) is 2.91. The standard InChI is InChI=1S/C36H44N2O5/c1-9-38-25-16-35(4,5)18-27(39)33(25)32(34-26(38)17-36(6,7)19-28(34)40)23-12-13-29(30(15-23)42-8)43-20-31(41)37-24-14-21(2)10-11-22(24)3/h10-15,32H,9,16-20H2,1-8H3,(H,37,41). The van der Waals surface area contributed by atoms with Crippen LogP contribution < -0.4 is 14.8 Å². The molecule has 1 N–H and O–H groups in total. The molecule has 7 heteroatoms. The van der Waals surface area contributed by atoms with Gasteiger partial charge < -0.3 is 19.7 Å². The molecule has 0 atom stereocenters. The second kappa shape index (κ2) is 11.3. The highest BCUT2D eigenvalue weighted by Gasteiger charge is 2.48. The number of ether oxygens (including phenoxy) is 2. The molecule has 228 valence electrons. The number of nitrogens with one attached hydrogen (secondary N) is 1. The summed E-state index contributed by atoms with van der Waals surface area (Å²) in [4.78, 5) is 42.7. The van der Waals surface area contributed by atoms with Gasteiger partial charge in [0.05, 0.1) is 7.11 Å². The first kappa shape index (κ1) is 30.6. The number of Topliss-reactive ketones (excluding diaryl/α,β-unsaturated/α-hetero) is 2. The smallest absolute Gasteiger partial charge is 0.262 e. The van der Waals surface area contributed by atoms with Crippen molar-refractivity contribution in [2.45, 2.75) is 80.1 Å². The molecule has 0 aromatic heterocycles. The van der Waals surface area contributed by atoms with Gasteiger partial charge in [-0.2, -0.15) is 0 Å². The largest absolute Gasteiger partial charge is 0.493 e. The topological polar surface area (TPSA) is 84.9 Å². The normalized spacial score (nSPS) is 19.7. The Morgan fingerprint density at radius 3 is 2.05 bits per heavy atom. The lowest BCUT2D eigenvalue weighted by Crippen LogP contribution is -2.44. The van der Waals surface area contributed by atoms with Crippen molar-refractivity contribution in [2.24, 2.45) is 10.8 Å². The van der Waals surface area contributed by atoms with Gasteiger partial charge in [-0.25, -0.2) is 0 Å². The summed E-state index contributed by atoms with van der Waals surface area (Å²) in [5, 5.41) is 2.92. The van der Waals surface area contributed by atoms with E-state index in [9.17, 15) is 14.4 Å².